The Labute approximate surface area is 280 Å². The maximum Gasteiger partial charge on any atom is 0.333 e. The topological polar surface area (TPSA) is 281 Å². The quantitative estimate of drug-likeness (QED) is 0.150. The van der Waals surface area contributed by atoms with E-state index in [4.69, 9.17) is 52.5 Å². The van der Waals surface area contributed by atoms with Crippen LogP contribution >= 0.6 is 0 Å². The Balaban J connectivity index is 2.63. The smallest absolute Gasteiger partial charge is 0.333 e. The third-order valence-electron chi connectivity index (χ3n) is 6.48. The summed E-state index contributed by atoms with van der Waals surface area (Å²) in [6.07, 6.45) is -14.5. The van der Waals surface area contributed by atoms with Gasteiger partial charge in [-0.25, -0.2) is 5.14 Å². The first-order chi connectivity index (χ1) is 22.7. The third-order valence-corrected chi connectivity index (χ3v) is 6.95. The molecule has 0 bridgehead atoms. The summed E-state index contributed by atoms with van der Waals surface area (Å²) < 4.78 is 82.4. The number of hydrogen-bond acceptors (Lipinski definition) is 20. The minimum absolute atomic E-state index is 0.542. The molecule has 2 aliphatic heterocycles. The molecule has 0 amide bonds. The fourth-order valence-electron chi connectivity index (χ4n) is 4.94. The lowest BCUT2D eigenvalue weighted by molar-refractivity contribution is -0.323. The summed E-state index contributed by atoms with van der Waals surface area (Å²) in [4.78, 5) is 84.2. The van der Waals surface area contributed by atoms with Crippen LogP contribution in [0.15, 0.2) is 0 Å². The Morgan fingerprint density at radius 3 is 1.41 bits per heavy atom. The molecule has 0 aromatic heterocycles. The monoisotopic (exact) mass is 729 g/mol. The van der Waals surface area contributed by atoms with Gasteiger partial charge >= 0.3 is 52.1 Å². The minimum atomic E-state index is -4.60. The van der Waals surface area contributed by atoms with Gasteiger partial charge in [-0.05, 0) is 0 Å². The van der Waals surface area contributed by atoms with E-state index >= 15 is 0 Å². The standard InChI is InChI=1S/C27H39NO20S/c1-11(29)38-9-19-18(21(41-12(2)30)24(44-15(5)33)27(47-19)46-17(7)35)8-39-26-25(45-16(6)34)23(43-14(4)32)22(42-13(3)31)20(48-26)10-40-49(28,36)37/h18-27H,8-10H2,1-7H3,(H2,28,36,37)/t18-,19-,20-,21+,22-,23+,24-,25-,26+,27-/m1/s1. The number of hydrogen-bond donors (Lipinski definition) is 1. The lowest BCUT2D eigenvalue weighted by Gasteiger charge is -2.46. The Bertz CT molecular complexity index is 1350. The molecule has 2 rings (SSSR count). The van der Waals surface area contributed by atoms with Gasteiger partial charge in [0.2, 0.25) is 12.4 Å². The first-order valence-corrected chi connectivity index (χ1v) is 15.9. The van der Waals surface area contributed by atoms with Crippen LogP contribution in [0.3, 0.4) is 0 Å². The van der Waals surface area contributed by atoms with Crippen LogP contribution in [0.4, 0.5) is 0 Å². The average molecular weight is 730 g/mol. The summed E-state index contributed by atoms with van der Waals surface area (Å²) in [6, 6.07) is 0. The van der Waals surface area contributed by atoms with Crippen molar-refractivity contribution in [3.05, 3.63) is 0 Å². The number of esters is 7. The highest BCUT2D eigenvalue weighted by Gasteiger charge is 2.55. The average Bonchev–Trinajstić information content (AvgIpc) is 2.93. The number of carbonyl (C=O) groups excluding carboxylic acids is 7. The van der Waals surface area contributed by atoms with Crippen molar-refractivity contribution in [1.82, 2.24) is 0 Å². The third kappa shape index (κ3) is 13.5. The molecule has 0 saturated carbocycles. The van der Waals surface area contributed by atoms with E-state index in [0.29, 0.717) is 0 Å². The zero-order valence-corrected chi connectivity index (χ0v) is 28.4. The summed E-state index contributed by atoms with van der Waals surface area (Å²) in [6.45, 7) is 4.99. The van der Waals surface area contributed by atoms with Crippen molar-refractivity contribution in [2.75, 3.05) is 19.8 Å². The van der Waals surface area contributed by atoms with Crippen LogP contribution in [0, 0.1) is 5.92 Å². The molecule has 278 valence electrons. The lowest BCUT2D eigenvalue weighted by atomic mass is 9.89. The number of rotatable bonds is 14. The number of carbonyl (C=O) groups is 7. The van der Waals surface area contributed by atoms with Crippen molar-refractivity contribution in [3.63, 3.8) is 0 Å². The van der Waals surface area contributed by atoms with Gasteiger partial charge in [-0.3, -0.25) is 37.7 Å². The van der Waals surface area contributed by atoms with Crippen molar-refractivity contribution in [3.8, 4) is 0 Å². The fourth-order valence-corrected chi connectivity index (χ4v) is 5.26. The predicted octanol–water partition coefficient (Wildman–Crippen LogP) is -1.93. The van der Waals surface area contributed by atoms with Crippen LogP contribution in [0.1, 0.15) is 48.5 Å². The molecule has 0 unspecified atom stereocenters. The maximum absolute atomic E-state index is 12.3. The summed E-state index contributed by atoms with van der Waals surface area (Å²) in [5, 5.41) is 4.95. The molecule has 0 aliphatic carbocycles. The van der Waals surface area contributed by atoms with Crippen molar-refractivity contribution in [2.45, 2.75) is 104 Å². The summed E-state index contributed by atoms with van der Waals surface area (Å²) in [7, 11) is -4.60. The van der Waals surface area contributed by atoms with E-state index in [2.05, 4.69) is 4.18 Å². The van der Waals surface area contributed by atoms with Gasteiger partial charge in [-0.1, -0.05) is 0 Å². The van der Waals surface area contributed by atoms with E-state index in [9.17, 15) is 42.0 Å². The van der Waals surface area contributed by atoms with E-state index in [0.717, 1.165) is 48.5 Å². The van der Waals surface area contributed by atoms with Crippen molar-refractivity contribution >= 4 is 52.1 Å². The second-order valence-electron chi connectivity index (χ2n) is 10.6. The molecule has 49 heavy (non-hydrogen) atoms. The van der Waals surface area contributed by atoms with Gasteiger partial charge in [-0.2, -0.15) is 8.42 Å². The van der Waals surface area contributed by atoms with E-state index in [-0.39, 0.29) is 0 Å². The Morgan fingerprint density at radius 2 is 0.939 bits per heavy atom. The van der Waals surface area contributed by atoms with E-state index in [1.54, 1.807) is 0 Å². The molecular formula is C27H39NO20S. The van der Waals surface area contributed by atoms with Crippen LogP contribution in [-0.2, 0) is 95.4 Å². The Kier molecular flexibility index (Phi) is 15.3. The zero-order valence-electron chi connectivity index (χ0n) is 27.5. The maximum atomic E-state index is 12.3. The van der Waals surface area contributed by atoms with Crippen LogP contribution in [0.25, 0.3) is 0 Å². The van der Waals surface area contributed by atoms with Crippen molar-refractivity contribution in [1.29, 1.82) is 0 Å². The van der Waals surface area contributed by atoms with Crippen LogP contribution in [0.2, 0.25) is 0 Å². The second-order valence-corrected chi connectivity index (χ2v) is 11.9. The molecule has 2 heterocycles. The molecule has 2 N–H and O–H groups in total. The van der Waals surface area contributed by atoms with Gasteiger partial charge < -0.3 is 47.4 Å². The van der Waals surface area contributed by atoms with Crippen molar-refractivity contribution in [2.24, 2.45) is 11.1 Å². The summed E-state index contributed by atoms with van der Waals surface area (Å²) in [5.41, 5.74) is 0. The van der Waals surface area contributed by atoms with Gasteiger partial charge in [0.15, 0.2) is 30.7 Å². The molecule has 2 aliphatic rings. The first kappa shape index (κ1) is 41.2. The molecule has 2 saturated heterocycles. The highest BCUT2D eigenvalue weighted by molar-refractivity contribution is 7.84. The summed E-state index contributed by atoms with van der Waals surface area (Å²) in [5.74, 6) is -7.53. The van der Waals surface area contributed by atoms with E-state index < -0.39 is 133 Å². The molecule has 0 aromatic carbocycles. The van der Waals surface area contributed by atoms with Gasteiger partial charge in [0.05, 0.1) is 19.1 Å². The minimum Gasteiger partial charge on any atom is -0.463 e. The van der Waals surface area contributed by atoms with Crippen LogP contribution in [0.5, 0.6) is 0 Å². The highest BCUT2D eigenvalue weighted by atomic mass is 32.2. The van der Waals surface area contributed by atoms with Gasteiger partial charge in [0.25, 0.3) is 0 Å². The SMILES string of the molecule is CC(=O)OC[C@H]1O[C@@H](OC(C)=O)[C@H](OC(C)=O)[C@@H](OC(C)=O)[C@@H]1CO[C@H]1O[C@H](COS(N)(=O)=O)[C@@H](OC(C)=O)[C@H](OC(C)=O)[C@H]1OC(C)=O. The Hall–Kier alpha value is -3.96. The van der Waals surface area contributed by atoms with E-state index in [1.807, 2.05) is 0 Å². The second kappa shape index (κ2) is 18.2. The molecule has 2 fully saturated rings. The number of nitrogens with two attached hydrogens (primary N) is 1. The lowest BCUT2D eigenvalue weighted by Crippen LogP contribution is -2.64. The molecule has 0 aromatic rings. The highest BCUT2D eigenvalue weighted by Crippen LogP contribution is 2.35. The normalized spacial score (nSPS) is 29.8. The van der Waals surface area contributed by atoms with Gasteiger partial charge in [0.1, 0.15) is 18.8 Å². The first-order valence-electron chi connectivity index (χ1n) is 14.4. The molecule has 22 heteroatoms. The summed E-state index contributed by atoms with van der Waals surface area (Å²) >= 11 is 0. The molecular weight excluding hydrogens is 690 g/mol. The van der Waals surface area contributed by atoms with Crippen LogP contribution < -0.4 is 5.14 Å². The fraction of sp³-hybridized carbons (Fsp3) is 0.741. The molecule has 10 atom stereocenters. The molecule has 21 nitrogen and oxygen atoms in total. The zero-order chi connectivity index (χ0) is 37.2. The van der Waals surface area contributed by atoms with Crippen molar-refractivity contribution < 1.29 is 93.5 Å². The van der Waals surface area contributed by atoms with E-state index in [1.165, 1.54) is 0 Å². The molecule has 0 spiro atoms. The predicted molar refractivity (Wildman–Crippen MR) is 152 cm³/mol. The Morgan fingerprint density at radius 1 is 0.510 bits per heavy atom. The van der Waals surface area contributed by atoms with Crippen LogP contribution in [-0.4, -0.2) is 125 Å². The number of ether oxygens (including phenoxy) is 10. The molecule has 0 radical (unpaired) electrons. The van der Waals surface area contributed by atoms with Gasteiger partial charge in [0, 0.05) is 48.5 Å². The van der Waals surface area contributed by atoms with Gasteiger partial charge in [-0.15, -0.1) is 0 Å². The largest absolute Gasteiger partial charge is 0.463 e.